The van der Waals surface area contributed by atoms with Gasteiger partial charge in [-0.1, -0.05) is 11.6 Å². The molecule has 15 heavy (non-hydrogen) atoms. The van der Waals surface area contributed by atoms with Gasteiger partial charge in [-0.2, -0.15) is 0 Å². The van der Waals surface area contributed by atoms with Crippen molar-refractivity contribution in [2.45, 2.75) is 12.8 Å². The first kappa shape index (κ1) is 10.4. The highest BCUT2D eigenvalue weighted by atomic mass is 35.5. The van der Waals surface area contributed by atoms with Gasteiger partial charge in [0.05, 0.1) is 5.56 Å². The Balaban J connectivity index is 2.00. The number of rotatable bonds is 3. The molecule has 5 heteroatoms. The minimum atomic E-state index is -0.671. The van der Waals surface area contributed by atoms with Crippen molar-refractivity contribution in [2.75, 3.05) is 6.54 Å². The van der Waals surface area contributed by atoms with Gasteiger partial charge >= 0.3 is 0 Å². The van der Waals surface area contributed by atoms with Gasteiger partial charge in [0.1, 0.15) is 0 Å². The van der Waals surface area contributed by atoms with E-state index < -0.39 is 5.82 Å². The molecule has 1 aliphatic rings. The lowest BCUT2D eigenvalue weighted by molar-refractivity contribution is 0.0951. The molecule has 1 N–H and O–H groups in total. The summed E-state index contributed by atoms with van der Waals surface area (Å²) in [5.41, 5.74) is 0.206. The molecule has 0 spiro atoms. The number of carbonyl (C=O) groups is 1. The highest BCUT2D eigenvalue weighted by molar-refractivity contribution is 6.29. The van der Waals surface area contributed by atoms with E-state index in [-0.39, 0.29) is 16.6 Å². The fraction of sp³-hybridized carbons (Fsp3) is 0.400. The van der Waals surface area contributed by atoms with Crippen LogP contribution in [0.15, 0.2) is 12.3 Å². The van der Waals surface area contributed by atoms with Gasteiger partial charge in [0.2, 0.25) is 0 Å². The zero-order valence-electron chi connectivity index (χ0n) is 7.96. The molecule has 1 aromatic rings. The molecule has 0 aliphatic heterocycles. The van der Waals surface area contributed by atoms with Gasteiger partial charge in [-0.05, 0) is 24.8 Å². The van der Waals surface area contributed by atoms with Crippen LogP contribution in [0.25, 0.3) is 0 Å². The highest BCUT2D eigenvalue weighted by Gasteiger charge is 2.22. The molecular weight excluding hydrogens is 219 g/mol. The Morgan fingerprint density at radius 2 is 2.40 bits per heavy atom. The third kappa shape index (κ3) is 2.65. The largest absolute Gasteiger partial charge is 0.352 e. The summed E-state index contributed by atoms with van der Waals surface area (Å²) in [6.07, 6.45) is 3.59. The molecule has 1 aliphatic carbocycles. The van der Waals surface area contributed by atoms with Crippen molar-refractivity contribution < 1.29 is 9.18 Å². The smallest absolute Gasteiger partial charge is 0.252 e. The van der Waals surface area contributed by atoms with Gasteiger partial charge < -0.3 is 5.32 Å². The molecule has 1 aromatic heterocycles. The van der Waals surface area contributed by atoms with Crippen LogP contribution in [0.5, 0.6) is 0 Å². The standard InChI is InChI=1S/C10H10ClFN2O/c11-9-8(12)3-7(5-13-9)10(15)14-4-6-1-2-6/h3,5-6H,1-2,4H2,(H,14,15). The summed E-state index contributed by atoms with van der Waals surface area (Å²) in [5.74, 6) is -0.375. The van der Waals surface area contributed by atoms with Crippen LogP contribution in [0, 0.1) is 11.7 Å². The molecule has 0 atom stereocenters. The van der Waals surface area contributed by atoms with Crippen molar-refractivity contribution >= 4 is 17.5 Å². The molecule has 0 unspecified atom stereocenters. The number of hydrogen-bond donors (Lipinski definition) is 1. The molecule has 1 fully saturated rings. The third-order valence-corrected chi connectivity index (χ3v) is 2.58. The zero-order valence-corrected chi connectivity index (χ0v) is 8.72. The van der Waals surface area contributed by atoms with Crippen LogP contribution < -0.4 is 5.32 Å². The van der Waals surface area contributed by atoms with E-state index >= 15 is 0 Å². The summed E-state index contributed by atoms with van der Waals surface area (Å²) in [7, 11) is 0. The molecule has 1 saturated carbocycles. The Morgan fingerprint density at radius 1 is 1.67 bits per heavy atom. The van der Waals surface area contributed by atoms with E-state index in [0.29, 0.717) is 12.5 Å². The summed E-state index contributed by atoms with van der Waals surface area (Å²) in [5, 5.41) is 2.50. The minimum Gasteiger partial charge on any atom is -0.352 e. The molecular formula is C10H10ClFN2O. The first-order valence-corrected chi connectivity index (χ1v) is 5.14. The molecule has 0 bridgehead atoms. The Labute approximate surface area is 91.7 Å². The number of amides is 1. The van der Waals surface area contributed by atoms with Gasteiger partial charge in [0.25, 0.3) is 5.91 Å². The van der Waals surface area contributed by atoms with Gasteiger partial charge in [-0.15, -0.1) is 0 Å². The van der Waals surface area contributed by atoms with E-state index in [1.54, 1.807) is 0 Å². The molecule has 0 radical (unpaired) electrons. The Bertz CT molecular complexity index is 393. The van der Waals surface area contributed by atoms with E-state index in [4.69, 9.17) is 11.6 Å². The van der Waals surface area contributed by atoms with E-state index in [1.165, 1.54) is 6.20 Å². The van der Waals surface area contributed by atoms with Crippen LogP contribution in [-0.2, 0) is 0 Å². The van der Waals surface area contributed by atoms with Crippen LogP contribution in [0.1, 0.15) is 23.2 Å². The third-order valence-electron chi connectivity index (χ3n) is 2.31. The second-order valence-corrected chi connectivity index (χ2v) is 4.01. The molecule has 2 rings (SSSR count). The van der Waals surface area contributed by atoms with Gasteiger partial charge in [-0.3, -0.25) is 4.79 Å². The quantitative estimate of drug-likeness (QED) is 0.805. The predicted molar refractivity (Wildman–Crippen MR) is 54.3 cm³/mol. The number of carbonyl (C=O) groups excluding carboxylic acids is 1. The molecule has 1 heterocycles. The fourth-order valence-corrected chi connectivity index (χ4v) is 1.31. The zero-order chi connectivity index (χ0) is 10.8. The van der Waals surface area contributed by atoms with Crippen LogP contribution in [0.4, 0.5) is 4.39 Å². The second-order valence-electron chi connectivity index (χ2n) is 3.65. The van der Waals surface area contributed by atoms with E-state index in [9.17, 15) is 9.18 Å². The molecule has 3 nitrogen and oxygen atoms in total. The number of nitrogens with one attached hydrogen (secondary N) is 1. The normalized spacial score (nSPS) is 15.1. The van der Waals surface area contributed by atoms with E-state index in [2.05, 4.69) is 10.3 Å². The van der Waals surface area contributed by atoms with Crippen LogP contribution in [0.3, 0.4) is 0 Å². The van der Waals surface area contributed by atoms with E-state index in [1.807, 2.05) is 0 Å². The number of hydrogen-bond acceptors (Lipinski definition) is 2. The van der Waals surface area contributed by atoms with Crippen LogP contribution in [-0.4, -0.2) is 17.4 Å². The van der Waals surface area contributed by atoms with Gasteiger partial charge in [0.15, 0.2) is 11.0 Å². The van der Waals surface area contributed by atoms with Gasteiger partial charge in [-0.25, -0.2) is 9.37 Å². The summed E-state index contributed by atoms with van der Waals surface area (Å²) in [6, 6.07) is 1.09. The van der Waals surface area contributed by atoms with Crippen molar-refractivity contribution in [1.82, 2.24) is 10.3 Å². The maximum atomic E-state index is 13.0. The van der Waals surface area contributed by atoms with Crippen LogP contribution in [0.2, 0.25) is 5.15 Å². The maximum absolute atomic E-state index is 13.0. The molecule has 1 amide bonds. The van der Waals surface area contributed by atoms with Crippen molar-refractivity contribution in [3.63, 3.8) is 0 Å². The number of nitrogens with zero attached hydrogens (tertiary/aromatic N) is 1. The Hall–Kier alpha value is -1.16. The maximum Gasteiger partial charge on any atom is 0.252 e. The van der Waals surface area contributed by atoms with Crippen LogP contribution >= 0.6 is 11.6 Å². The predicted octanol–water partition coefficient (Wildman–Crippen LogP) is 2.01. The Kier molecular flexibility index (Phi) is 2.86. The summed E-state index contributed by atoms with van der Waals surface area (Å²) in [4.78, 5) is 15.1. The van der Waals surface area contributed by atoms with Crippen molar-refractivity contribution in [1.29, 1.82) is 0 Å². The first-order valence-electron chi connectivity index (χ1n) is 4.76. The highest BCUT2D eigenvalue weighted by Crippen LogP contribution is 2.27. The first-order chi connectivity index (χ1) is 7.16. The lowest BCUT2D eigenvalue weighted by Crippen LogP contribution is -2.25. The fourth-order valence-electron chi connectivity index (χ4n) is 1.21. The minimum absolute atomic E-state index is 0.206. The van der Waals surface area contributed by atoms with Crippen molar-refractivity contribution in [3.8, 4) is 0 Å². The average molecular weight is 229 g/mol. The summed E-state index contributed by atoms with van der Waals surface area (Å²) in [6.45, 7) is 0.656. The van der Waals surface area contributed by atoms with Crippen molar-refractivity contribution in [3.05, 3.63) is 28.8 Å². The number of pyridine rings is 1. The lowest BCUT2D eigenvalue weighted by atomic mass is 10.2. The summed E-state index contributed by atoms with van der Waals surface area (Å²) < 4.78 is 13.0. The second kappa shape index (κ2) is 4.14. The topological polar surface area (TPSA) is 42.0 Å². The number of halogens is 2. The van der Waals surface area contributed by atoms with E-state index in [0.717, 1.165) is 18.9 Å². The Morgan fingerprint density at radius 3 is 3.00 bits per heavy atom. The molecule has 80 valence electrons. The lowest BCUT2D eigenvalue weighted by Gasteiger charge is -2.03. The number of aromatic nitrogens is 1. The molecule has 0 aromatic carbocycles. The monoisotopic (exact) mass is 228 g/mol. The van der Waals surface area contributed by atoms with Gasteiger partial charge in [0, 0.05) is 12.7 Å². The summed E-state index contributed by atoms with van der Waals surface area (Å²) >= 11 is 5.41. The molecule has 0 saturated heterocycles. The average Bonchev–Trinajstić information content (AvgIpc) is 3.02. The SMILES string of the molecule is O=C(NCC1CC1)c1cnc(Cl)c(F)c1. The van der Waals surface area contributed by atoms with Crippen molar-refractivity contribution in [2.24, 2.45) is 5.92 Å².